The molecule has 0 aliphatic heterocycles. The van der Waals surface area contributed by atoms with Gasteiger partial charge in [-0.1, -0.05) is 13.0 Å². The highest BCUT2D eigenvalue weighted by atomic mass is 19.1. The molecule has 0 radical (unpaired) electrons. The number of aromatic nitrogens is 1. The number of carbonyl (C=O) groups excluding carboxylic acids is 1. The fraction of sp³-hybridized carbons (Fsp3) is 0.312. The van der Waals surface area contributed by atoms with Crippen molar-refractivity contribution in [2.24, 2.45) is 0 Å². The Hall–Kier alpha value is -1.90. The number of rotatable bonds is 5. The van der Waals surface area contributed by atoms with Gasteiger partial charge in [0.05, 0.1) is 0 Å². The van der Waals surface area contributed by atoms with Crippen molar-refractivity contribution < 1.29 is 9.18 Å². The first kappa shape index (κ1) is 13.5. The number of hydrogen-bond acceptors (Lipinski definition) is 1. The lowest BCUT2D eigenvalue weighted by molar-refractivity contribution is 0.0981. The first-order valence-electron chi connectivity index (χ1n) is 6.54. The van der Waals surface area contributed by atoms with E-state index < -0.39 is 0 Å². The van der Waals surface area contributed by atoms with E-state index in [-0.39, 0.29) is 11.6 Å². The Morgan fingerprint density at radius 1 is 1.32 bits per heavy atom. The summed E-state index contributed by atoms with van der Waals surface area (Å²) in [6.07, 6.45) is 5.20. The first-order chi connectivity index (χ1) is 9.10. The molecule has 1 aromatic carbocycles. The van der Waals surface area contributed by atoms with Crippen LogP contribution in [-0.4, -0.2) is 10.4 Å². The average molecular weight is 259 g/mol. The van der Waals surface area contributed by atoms with Crippen LogP contribution in [0, 0.1) is 12.7 Å². The molecule has 0 saturated carbocycles. The van der Waals surface area contributed by atoms with E-state index in [2.05, 4.69) is 0 Å². The molecule has 100 valence electrons. The molecule has 0 N–H and O–H groups in total. The fourth-order valence-corrected chi connectivity index (χ4v) is 2.11. The molecule has 3 heteroatoms. The topological polar surface area (TPSA) is 22.0 Å². The second-order valence-electron chi connectivity index (χ2n) is 4.82. The minimum atomic E-state index is -0.215. The monoisotopic (exact) mass is 259 g/mol. The van der Waals surface area contributed by atoms with Crippen molar-refractivity contribution in [2.45, 2.75) is 33.2 Å². The predicted octanol–water partition coefficient (Wildman–Crippen LogP) is 3.97. The van der Waals surface area contributed by atoms with Crippen LogP contribution in [0.5, 0.6) is 0 Å². The van der Waals surface area contributed by atoms with Crippen molar-refractivity contribution in [2.75, 3.05) is 0 Å². The van der Waals surface area contributed by atoms with E-state index in [4.69, 9.17) is 0 Å². The Bertz CT molecular complexity index is 586. The zero-order chi connectivity index (χ0) is 13.8. The number of Topliss-reactive ketones (excluding diaryl/α,β-unsaturated/α-hetero) is 1. The van der Waals surface area contributed by atoms with E-state index in [0.29, 0.717) is 13.0 Å². The number of benzene rings is 1. The molecule has 1 heterocycles. The summed E-state index contributed by atoms with van der Waals surface area (Å²) in [4.78, 5) is 11.8. The van der Waals surface area contributed by atoms with Gasteiger partial charge in [0.1, 0.15) is 5.82 Å². The van der Waals surface area contributed by atoms with Crippen molar-refractivity contribution in [3.63, 3.8) is 0 Å². The highest BCUT2D eigenvalue weighted by Crippen LogP contribution is 2.13. The maximum atomic E-state index is 13.0. The molecule has 2 nitrogen and oxygen atoms in total. The molecular weight excluding hydrogens is 241 g/mol. The van der Waals surface area contributed by atoms with Crippen molar-refractivity contribution in [3.8, 4) is 0 Å². The van der Waals surface area contributed by atoms with Gasteiger partial charge in [-0.2, -0.15) is 0 Å². The Balaban J connectivity index is 2.13. The molecule has 2 rings (SSSR count). The summed E-state index contributed by atoms with van der Waals surface area (Å²) in [5, 5.41) is 0. The third kappa shape index (κ3) is 3.31. The lowest BCUT2D eigenvalue weighted by Crippen LogP contribution is -2.00. The van der Waals surface area contributed by atoms with Gasteiger partial charge in [0.2, 0.25) is 0 Å². The molecule has 2 aromatic rings. The molecule has 0 fully saturated rings. The molecule has 0 spiro atoms. The zero-order valence-electron chi connectivity index (χ0n) is 11.3. The van der Waals surface area contributed by atoms with Crippen LogP contribution >= 0.6 is 0 Å². The second kappa shape index (κ2) is 5.83. The molecule has 0 unspecified atom stereocenters. The number of nitrogens with zero attached hydrogens (tertiary/aromatic N) is 1. The molecular formula is C16H18FNO. The zero-order valence-corrected chi connectivity index (χ0v) is 11.3. The molecule has 0 bridgehead atoms. The van der Waals surface area contributed by atoms with Crippen molar-refractivity contribution in [1.82, 2.24) is 4.57 Å². The summed E-state index contributed by atoms with van der Waals surface area (Å²) in [5.74, 6) is -0.0374. The van der Waals surface area contributed by atoms with Crippen molar-refractivity contribution in [3.05, 3.63) is 59.2 Å². The van der Waals surface area contributed by atoms with Gasteiger partial charge >= 0.3 is 0 Å². The maximum Gasteiger partial charge on any atom is 0.164 e. The molecule has 1 aromatic heterocycles. The van der Waals surface area contributed by atoms with Gasteiger partial charge in [-0.25, -0.2) is 4.39 Å². The third-order valence-corrected chi connectivity index (χ3v) is 3.21. The summed E-state index contributed by atoms with van der Waals surface area (Å²) in [5.41, 5.74) is 2.74. The largest absolute Gasteiger partial charge is 0.349 e. The minimum Gasteiger partial charge on any atom is -0.349 e. The Morgan fingerprint density at radius 3 is 2.79 bits per heavy atom. The average Bonchev–Trinajstić information content (AvgIpc) is 2.82. The van der Waals surface area contributed by atoms with Crippen LogP contribution in [0.3, 0.4) is 0 Å². The van der Waals surface area contributed by atoms with E-state index in [1.165, 1.54) is 12.1 Å². The van der Waals surface area contributed by atoms with Crippen molar-refractivity contribution >= 4 is 5.78 Å². The highest BCUT2D eigenvalue weighted by molar-refractivity contribution is 5.95. The van der Waals surface area contributed by atoms with Crippen LogP contribution in [0.2, 0.25) is 0 Å². The lowest BCUT2D eigenvalue weighted by Gasteiger charge is -2.07. The first-order valence-corrected chi connectivity index (χ1v) is 6.54. The van der Waals surface area contributed by atoms with Gasteiger partial charge in [0.15, 0.2) is 5.78 Å². The quantitative estimate of drug-likeness (QED) is 0.745. The van der Waals surface area contributed by atoms with Crippen LogP contribution in [0.4, 0.5) is 4.39 Å². The van der Waals surface area contributed by atoms with Crippen molar-refractivity contribution in [1.29, 1.82) is 0 Å². The number of halogens is 1. The van der Waals surface area contributed by atoms with E-state index in [1.807, 2.05) is 36.9 Å². The molecule has 0 aliphatic carbocycles. The minimum absolute atomic E-state index is 0.178. The lowest BCUT2D eigenvalue weighted by atomic mass is 10.1. The summed E-state index contributed by atoms with van der Waals surface area (Å²) in [6, 6.07) is 6.63. The molecule has 0 saturated heterocycles. The molecule has 0 aliphatic rings. The number of ketones is 1. The van der Waals surface area contributed by atoms with Crippen LogP contribution in [0.15, 0.2) is 36.7 Å². The van der Waals surface area contributed by atoms with Crippen LogP contribution < -0.4 is 0 Å². The molecule has 19 heavy (non-hydrogen) atoms. The van der Waals surface area contributed by atoms with Crippen LogP contribution in [0.1, 0.15) is 41.3 Å². The Labute approximate surface area is 112 Å². The maximum absolute atomic E-state index is 13.0. The van der Waals surface area contributed by atoms with Gasteiger partial charge in [0, 0.05) is 30.9 Å². The molecule has 0 amide bonds. The van der Waals surface area contributed by atoms with Crippen LogP contribution in [-0.2, 0) is 6.54 Å². The normalized spacial score (nSPS) is 10.7. The van der Waals surface area contributed by atoms with Gasteiger partial charge < -0.3 is 4.57 Å². The van der Waals surface area contributed by atoms with E-state index in [0.717, 1.165) is 23.1 Å². The summed E-state index contributed by atoms with van der Waals surface area (Å²) in [6.45, 7) is 4.55. The van der Waals surface area contributed by atoms with E-state index >= 15 is 0 Å². The van der Waals surface area contributed by atoms with Gasteiger partial charge in [-0.05, 0) is 42.7 Å². The summed E-state index contributed by atoms with van der Waals surface area (Å²) >= 11 is 0. The van der Waals surface area contributed by atoms with Gasteiger partial charge in [-0.3, -0.25) is 4.79 Å². The summed E-state index contributed by atoms with van der Waals surface area (Å²) < 4.78 is 15.0. The number of carbonyl (C=O) groups is 1. The third-order valence-electron chi connectivity index (χ3n) is 3.21. The van der Waals surface area contributed by atoms with Gasteiger partial charge in [-0.15, -0.1) is 0 Å². The number of hydrogen-bond donors (Lipinski definition) is 0. The standard InChI is InChI=1S/C16H18FNO/c1-3-4-16(19)14-7-8-18(11-14)10-13-5-6-15(17)9-12(13)2/h5-9,11H,3-4,10H2,1-2H3. The summed E-state index contributed by atoms with van der Waals surface area (Å²) in [7, 11) is 0. The Kier molecular flexibility index (Phi) is 4.15. The second-order valence-corrected chi connectivity index (χ2v) is 4.82. The fourth-order valence-electron chi connectivity index (χ4n) is 2.11. The number of aryl methyl sites for hydroxylation is 1. The molecule has 0 atom stereocenters. The highest BCUT2D eigenvalue weighted by Gasteiger charge is 2.07. The van der Waals surface area contributed by atoms with E-state index in [9.17, 15) is 9.18 Å². The van der Waals surface area contributed by atoms with Gasteiger partial charge in [0.25, 0.3) is 0 Å². The van der Waals surface area contributed by atoms with E-state index in [1.54, 1.807) is 6.07 Å². The van der Waals surface area contributed by atoms with Crippen LogP contribution in [0.25, 0.3) is 0 Å². The smallest absolute Gasteiger partial charge is 0.164 e. The SMILES string of the molecule is CCCC(=O)c1ccn(Cc2ccc(F)cc2C)c1. The Morgan fingerprint density at radius 2 is 2.11 bits per heavy atom. The predicted molar refractivity (Wildman–Crippen MR) is 73.9 cm³/mol.